The van der Waals surface area contributed by atoms with Crippen molar-refractivity contribution in [3.05, 3.63) is 76.5 Å². The molecule has 1 aromatic heterocycles. The van der Waals surface area contributed by atoms with Crippen LogP contribution in [0.5, 0.6) is 0 Å². The highest BCUT2D eigenvalue weighted by atomic mass is 79.9. The van der Waals surface area contributed by atoms with Gasteiger partial charge in [0.1, 0.15) is 0 Å². The van der Waals surface area contributed by atoms with Gasteiger partial charge >= 0.3 is 6.09 Å². The Balaban J connectivity index is 1.68. The van der Waals surface area contributed by atoms with E-state index in [1.807, 2.05) is 43.3 Å². The van der Waals surface area contributed by atoms with Crippen molar-refractivity contribution >= 4 is 27.9 Å². The molecule has 4 rings (SSSR count). The van der Waals surface area contributed by atoms with Crippen molar-refractivity contribution in [3.63, 3.8) is 0 Å². The molecule has 0 spiro atoms. The first-order valence-electron chi connectivity index (χ1n) is 10.4. The van der Waals surface area contributed by atoms with Crippen LogP contribution in [0.15, 0.2) is 65.4 Å². The second-order valence-electron chi connectivity index (χ2n) is 7.89. The molecule has 0 radical (unpaired) electrons. The van der Waals surface area contributed by atoms with Crippen LogP contribution in [0.25, 0.3) is 5.69 Å². The summed E-state index contributed by atoms with van der Waals surface area (Å²) >= 11 is 3.46. The molecule has 1 saturated heterocycles. The van der Waals surface area contributed by atoms with Crippen LogP contribution in [0.2, 0.25) is 0 Å². The molecule has 2 aromatic carbocycles. The highest BCUT2D eigenvalue weighted by Gasteiger charge is 2.35. The molecule has 0 saturated carbocycles. The molecule has 166 valence electrons. The van der Waals surface area contributed by atoms with E-state index in [2.05, 4.69) is 26.1 Å². The Labute approximate surface area is 194 Å². The molecular weight excluding hydrogens is 474 g/mol. The fourth-order valence-corrected chi connectivity index (χ4v) is 4.48. The molecule has 8 nitrogen and oxygen atoms in total. The number of aromatic nitrogens is 3. The van der Waals surface area contributed by atoms with Crippen molar-refractivity contribution in [2.24, 2.45) is 0 Å². The lowest BCUT2D eigenvalue weighted by atomic mass is 10.0. The Morgan fingerprint density at radius 1 is 1.09 bits per heavy atom. The second-order valence-corrected chi connectivity index (χ2v) is 8.81. The molecule has 1 fully saturated rings. The van der Waals surface area contributed by atoms with Gasteiger partial charge in [-0.2, -0.15) is 15.0 Å². The number of halogens is 1. The van der Waals surface area contributed by atoms with Crippen LogP contribution >= 0.6 is 15.9 Å². The van der Waals surface area contributed by atoms with Gasteiger partial charge in [0.05, 0.1) is 29.7 Å². The fraction of sp³-hybridized carbons (Fsp3) is 0.304. The zero-order valence-corrected chi connectivity index (χ0v) is 19.2. The summed E-state index contributed by atoms with van der Waals surface area (Å²) in [5.41, 5.74) is 2.08. The van der Waals surface area contributed by atoms with Crippen LogP contribution in [0, 0.1) is 0 Å². The number of carboxylic acid groups (broad SMARTS) is 1. The molecule has 32 heavy (non-hydrogen) atoms. The molecule has 2 atom stereocenters. The summed E-state index contributed by atoms with van der Waals surface area (Å²) < 4.78 is 0.771. The summed E-state index contributed by atoms with van der Waals surface area (Å²) in [5.74, 6) is -0.170. The van der Waals surface area contributed by atoms with Crippen LogP contribution in [0.3, 0.4) is 0 Å². The monoisotopic (exact) mass is 497 g/mol. The molecule has 1 unspecified atom stereocenters. The van der Waals surface area contributed by atoms with Crippen molar-refractivity contribution in [2.75, 3.05) is 13.1 Å². The third-order valence-electron chi connectivity index (χ3n) is 5.81. The van der Waals surface area contributed by atoms with E-state index in [4.69, 9.17) is 0 Å². The van der Waals surface area contributed by atoms with Crippen LogP contribution in [-0.2, 0) is 6.42 Å². The molecule has 9 heteroatoms. The SMILES string of the molecule is C[C@@H]1CCN(C(=O)O)C(Cc2ccccc2)CN1C(=O)c1cc(Br)ccc1-n1nccn1. The van der Waals surface area contributed by atoms with E-state index in [0.29, 0.717) is 37.2 Å². The van der Waals surface area contributed by atoms with E-state index in [0.717, 1.165) is 10.0 Å². The van der Waals surface area contributed by atoms with Crippen molar-refractivity contribution < 1.29 is 14.7 Å². The van der Waals surface area contributed by atoms with E-state index in [1.165, 1.54) is 9.70 Å². The molecule has 0 bridgehead atoms. The lowest BCUT2D eigenvalue weighted by molar-refractivity contribution is 0.0665. The van der Waals surface area contributed by atoms with Crippen LogP contribution < -0.4 is 0 Å². The van der Waals surface area contributed by atoms with E-state index in [1.54, 1.807) is 29.4 Å². The smallest absolute Gasteiger partial charge is 0.407 e. The lowest BCUT2D eigenvalue weighted by Gasteiger charge is -2.32. The van der Waals surface area contributed by atoms with Crippen molar-refractivity contribution in [1.29, 1.82) is 0 Å². The third-order valence-corrected chi connectivity index (χ3v) is 6.31. The Kier molecular flexibility index (Phi) is 6.55. The highest BCUT2D eigenvalue weighted by Crippen LogP contribution is 2.25. The molecule has 1 aliphatic heterocycles. The van der Waals surface area contributed by atoms with Crippen LogP contribution in [0.1, 0.15) is 29.3 Å². The average Bonchev–Trinajstić information content (AvgIpc) is 3.26. The first-order valence-corrected chi connectivity index (χ1v) is 11.2. The molecule has 1 N–H and O–H groups in total. The van der Waals surface area contributed by atoms with Gasteiger partial charge in [-0.25, -0.2) is 4.79 Å². The first kappa shape index (κ1) is 22.0. The minimum Gasteiger partial charge on any atom is -0.465 e. The number of benzene rings is 2. The van der Waals surface area contributed by atoms with Gasteiger partial charge in [-0.15, -0.1) is 0 Å². The number of nitrogens with zero attached hydrogens (tertiary/aromatic N) is 5. The van der Waals surface area contributed by atoms with E-state index < -0.39 is 6.09 Å². The molecule has 1 aliphatic rings. The number of hydrogen-bond donors (Lipinski definition) is 1. The van der Waals surface area contributed by atoms with Crippen LogP contribution in [0.4, 0.5) is 4.79 Å². The first-order chi connectivity index (χ1) is 15.4. The number of carbonyl (C=O) groups excluding carboxylic acids is 1. The summed E-state index contributed by atoms with van der Waals surface area (Å²) in [5, 5.41) is 18.2. The molecule has 3 aromatic rings. The van der Waals surface area contributed by atoms with Gasteiger partial charge in [0, 0.05) is 23.6 Å². The Bertz CT molecular complexity index is 1090. The summed E-state index contributed by atoms with van der Waals surface area (Å²) in [4.78, 5) is 30.5. The van der Waals surface area contributed by atoms with Crippen molar-refractivity contribution in [3.8, 4) is 5.69 Å². The number of rotatable bonds is 4. The zero-order valence-electron chi connectivity index (χ0n) is 17.6. The van der Waals surface area contributed by atoms with Crippen molar-refractivity contribution in [1.82, 2.24) is 24.8 Å². The van der Waals surface area contributed by atoms with Crippen LogP contribution in [-0.4, -0.2) is 67.1 Å². The fourth-order valence-electron chi connectivity index (χ4n) is 4.11. The molecular formula is C23H24BrN5O3. The highest BCUT2D eigenvalue weighted by molar-refractivity contribution is 9.10. The zero-order chi connectivity index (χ0) is 22.7. The second kappa shape index (κ2) is 9.52. The molecule has 2 heterocycles. The predicted octanol–water partition coefficient (Wildman–Crippen LogP) is 3.86. The maximum absolute atomic E-state index is 13.8. The Hall–Kier alpha value is -3.20. The number of amides is 2. The van der Waals surface area contributed by atoms with E-state index in [9.17, 15) is 14.7 Å². The van der Waals surface area contributed by atoms with Gasteiger partial charge < -0.3 is 14.9 Å². The quantitative estimate of drug-likeness (QED) is 0.590. The third kappa shape index (κ3) is 4.67. The summed E-state index contributed by atoms with van der Waals surface area (Å²) in [6.07, 6.45) is 3.26. The maximum atomic E-state index is 13.8. The maximum Gasteiger partial charge on any atom is 0.407 e. The lowest BCUT2D eigenvalue weighted by Crippen LogP contribution is -2.47. The van der Waals surface area contributed by atoms with E-state index in [-0.39, 0.29) is 18.0 Å². The minimum atomic E-state index is -0.962. The van der Waals surface area contributed by atoms with Gasteiger partial charge in [0.2, 0.25) is 0 Å². The molecule has 0 aliphatic carbocycles. The minimum absolute atomic E-state index is 0.123. The number of carbonyl (C=O) groups is 2. The summed E-state index contributed by atoms with van der Waals surface area (Å²) in [6.45, 7) is 2.65. The predicted molar refractivity (Wildman–Crippen MR) is 123 cm³/mol. The standard InChI is InChI=1S/C23H24BrN5O3/c1-16-9-12-27(23(31)32)19(13-17-5-3-2-4-6-17)15-28(16)22(30)20-14-18(24)7-8-21(20)29-25-10-11-26-29/h2-8,10-11,14,16,19H,9,12-13,15H2,1H3,(H,31,32)/t16-,19?/m1/s1. The van der Waals surface area contributed by atoms with Gasteiger partial charge in [0.15, 0.2) is 0 Å². The molecule has 2 amide bonds. The topological polar surface area (TPSA) is 91.6 Å². The largest absolute Gasteiger partial charge is 0.465 e. The van der Waals surface area contributed by atoms with Gasteiger partial charge in [-0.05, 0) is 43.5 Å². The van der Waals surface area contributed by atoms with Gasteiger partial charge in [-0.3, -0.25) is 4.79 Å². The normalized spacial score (nSPS) is 18.9. The summed E-state index contributed by atoms with van der Waals surface area (Å²) in [6, 6.07) is 14.7. The van der Waals surface area contributed by atoms with Gasteiger partial charge in [0.25, 0.3) is 5.91 Å². The van der Waals surface area contributed by atoms with Gasteiger partial charge in [-0.1, -0.05) is 46.3 Å². The average molecular weight is 498 g/mol. The Morgan fingerprint density at radius 2 is 1.81 bits per heavy atom. The number of hydrogen-bond acceptors (Lipinski definition) is 4. The van der Waals surface area contributed by atoms with Crippen molar-refractivity contribution in [2.45, 2.75) is 31.8 Å². The van der Waals surface area contributed by atoms with E-state index >= 15 is 0 Å². The Morgan fingerprint density at radius 3 is 2.50 bits per heavy atom. The summed E-state index contributed by atoms with van der Waals surface area (Å²) in [7, 11) is 0.